The maximum absolute atomic E-state index is 12.7. The number of hydrogen-bond acceptors (Lipinski definition) is 2. The van der Waals surface area contributed by atoms with E-state index in [1.807, 2.05) is 0 Å². The minimum Gasteiger partial charge on any atom is -0.353 e. The highest BCUT2D eigenvalue weighted by molar-refractivity contribution is 5.79. The first-order chi connectivity index (χ1) is 11.2. The van der Waals surface area contributed by atoms with Crippen molar-refractivity contribution in [2.45, 2.75) is 64.0 Å². The Bertz CT molecular complexity index is 502. The monoisotopic (exact) mass is 314 g/mol. The molecule has 23 heavy (non-hydrogen) atoms. The van der Waals surface area contributed by atoms with Crippen LogP contribution in [-0.2, 0) is 11.2 Å². The number of carbonyl (C=O) groups is 1. The van der Waals surface area contributed by atoms with Crippen molar-refractivity contribution in [2.75, 3.05) is 6.54 Å². The van der Waals surface area contributed by atoms with E-state index in [1.165, 1.54) is 24.8 Å². The lowest BCUT2D eigenvalue weighted by molar-refractivity contribution is -0.127. The van der Waals surface area contributed by atoms with Gasteiger partial charge in [-0.05, 0) is 57.1 Å². The minimum absolute atomic E-state index is 0.200. The molecule has 1 saturated carbocycles. The molecule has 0 aromatic heterocycles. The number of nitrogens with one attached hydrogen (secondary N) is 2. The van der Waals surface area contributed by atoms with E-state index >= 15 is 0 Å². The van der Waals surface area contributed by atoms with Gasteiger partial charge in [-0.25, -0.2) is 0 Å². The Morgan fingerprint density at radius 3 is 2.74 bits per heavy atom. The van der Waals surface area contributed by atoms with Gasteiger partial charge in [0, 0.05) is 18.0 Å². The van der Waals surface area contributed by atoms with E-state index in [1.54, 1.807) is 0 Å². The first-order valence-electron chi connectivity index (χ1n) is 9.30. The summed E-state index contributed by atoms with van der Waals surface area (Å²) in [5.41, 5.74) is 1.40. The van der Waals surface area contributed by atoms with E-state index in [2.05, 4.69) is 47.9 Å². The molecule has 1 aliphatic carbocycles. The maximum Gasteiger partial charge on any atom is 0.223 e. The van der Waals surface area contributed by atoms with Crippen LogP contribution in [0.4, 0.5) is 0 Å². The van der Waals surface area contributed by atoms with Gasteiger partial charge in [0.1, 0.15) is 0 Å². The first-order valence-corrected chi connectivity index (χ1v) is 9.30. The SMILES string of the molecule is C[C@H]1C[C@@H](C(=O)NC2CCCCC2Cc2ccccc2)CCN1. The second-order valence-corrected chi connectivity index (χ2v) is 7.43. The average Bonchev–Trinajstić information content (AvgIpc) is 2.57. The van der Waals surface area contributed by atoms with Gasteiger partial charge >= 0.3 is 0 Å². The number of hydrogen-bond donors (Lipinski definition) is 2. The molecule has 1 saturated heterocycles. The highest BCUT2D eigenvalue weighted by Gasteiger charge is 2.30. The molecule has 3 nitrogen and oxygen atoms in total. The fourth-order valence-corrected chi connectivity index (χ4v) is 4.23. The van der Waals surface area contributed by atoms with E-state index in [-0.39, 0.29) is 5.92 Å². The molecular weight excluding hydrogens is 284 g/mol. The molecule has 4 atom stereocenters. The lowest BCUT2D eigenvalue weighted by Gasteiger charge is -2.35. The lowest BCUT2D eigenvalue weighted by atomic mass is 9.80. The van der Waals surface area contributed by atoms with E-state index in [0.29, 0.717) is 23.9 Å². The Kier molecular flexibility index (Phi) is 5.71. The van der Waals surface area contributed by atoms with E-state index in [9.17, 15) is 4.79 Å². The molecule has 1 amide bonds. The van der Waals surface area contributed by atoms with Crippen LogP contribution in [0.1, 0.15) is 51.0 Å². The van der Waals surface area contributed by atoms with Crippen LogP contribution >= 0.6 is 0 Å². The molecule has 3 heteroatoms. The molecular formula is C20H30N2O. The van der Waals surface area contributed by atoms with Gasteiger partial charge < -0.3 is 10.6 Å². The van der Waals surface area contributed by atoms with Crippen LogP contribution in [0.15, 0.2) is 30.3 Å². The maximum atomic E-state index is 12.7. The normalized spacial score (nSPS) is 31.5. The molecule has 2 aliphatic rings. The molecule has 3 rings (SSSR count). The largest absolute Gasteiger partial charge is 0.353 e. The van der Waals surface area contributed by atoms with E-state index in [0.717, 1.165) is 32.2 Å². The molecule has 2 N–H and O–H groups in total. The third-order valence-corrected chi connectivity index (χ3v) is 5.57. The molecule has 2 fully saturated rings. The molecule has 126 valence electrons. The predicted octanol–water partition coefficient (Wildman–Crippen LogP) is 3.29. The second-order valence-electron chi connectivity index (χ2n) is 7.43. The van der Waals surface area contributed by atoms with Crippen LogP contribution in [0.25, 0.3) is 0 Å². The van der Waals surface area contributed by atoms with Gasteiger partial charge in [0.25, 0.3) is 0 Å². The highest BCUT2D eigenvalue weighted by Crippen LogP contribution is 2.28. The lowest BCUT2D eigenvalue weighted by Crippen LogP contribution is -2.48. The van der Waals surface area contributed by atoms with Crippen LogP contribution < -0.4 is 10.6 Å². The van der Waals surface area contributed by atoms with Crippen LogP contribution in [0.5, 0.6) is 0 Å². The molecule has 2 unspecified atom stereocenters. The first kappa shape index (κ1) is 16.5. The average molecular weight is 314 g/mol. The quantitative estimate of drug-likeness (QED) is 0.895. The molecule has 1 aromatic rings. The molecule has 1 heterocycles. The fourth-order valence-electron chi connectivity index (χ4n) is 4.23. The number of carbonyl (C=O) groups excluding carboxylic acids is 1. The van der Waals surface area contributed by atoms with Crippen molar-refractivity contribution in [1.82, 2.24) is 10.6 Å². The second kappa shape index (κ2) is 7.96. The zero-order chi connectivity index (χ0) is 16.1. The minimum atomic E-state index is 0.200. The van der Waals surface area contributed by atoms with Gasteiger partial charge in [-0.3, -0.25) is 4.79 Å². The fraction of sp³-hybridized carbons (Fsp3) is 0.650. The molecule has 0 spiro atoms. The number of piperidine rings is 1. The van der Waals surface area contributed by atoms with Gasteiger partial charge in [0.2, 0.25) is 5.91 Å². The molecule has 1 aromatic carbocycles. The van der Waals surface area contributed by atoms with E-state index < -0.39 is 0 Å². The van der Waals surface area contributed by atoms with Gasteiger partial charge in [-0.15, -0.1) is 0 Å². The van der Waals surface area contributed by atoms with Gasteiger partial charge in [-0.2, -0.15) is 0 Å². The smallest absolute Gasteiger partial charge is 0.223 e. The van der Waals surface area contributed by atoms with Gasteiger partial charge in [0.15, 0.2) is 0 Å². The highest BCUT2D eigenvalue weighted by atomic mass is 16.1. The summed E-state index contributed by atoms with van der Waals surface area (Å²) < 4.78 is 0. The summed E-state index contributed by atoms with van der Waals surface area (Å²) in [7, 11) is 0. The number of amides is 1. The van der Waals surface area contributed by atoms with Crippen molar-refractivity contribution in [2.24, 2.45) is 11.8 Å². The molecule has 0 radical (unpaired) electrons. The van der Waals surface area contributed by atoms with Crippen LogP contribution in [0, 0.1) is 11.8 Å². The summed E-state index contributed by atoms with van der Waals surface area (Å²) in [6, 6.07) is 11.5. The third-order valence-electron chi connectivity index (χ3n) is 5.57. The van der Waals surface area contributed by atoms with Crippen LogP contribution in [0.2, 0.25) is 0 Å². The van der Waals surface area contributed by atoms with Gasteiger partial charge in [-0.1, -0.05) is 43.2 Å². The van der Waals surface area contributed by atoms with Crippen molar-refractivity contribution in [3.63, 3.8) is 0 Å². The Balaban J connectivity index is 1.58. The van der Waals surface area contributed by atoms with Crippen molar-refractivity contribution in [3.05, 3.63) is 35.9 Å². The van der Waals surface area contributed by atoms with Crippen LogP contribution in [-0.4, -0.2) is 24.5 Å². The summed E-state index contributed by atoms with van der Waals surface area (Å²) in [6.45, 7) is 3.15. The zero-order valence-corrected chi connectivity index (χ0v) is 14.3. The summed E-state index contributed by atoms with van der Waals surface area (Å²) >= 11 is 0. The predicted molar refractivity (Wildman–Crippen MR) is 94.2 cm³/mol. The zero-order valence-electron chi connectivity index (χ0n) is 14.3. The summed E-state index contributed by atoms with van der Waals surface area (Å²) in [5.74, 6) is 1.09. The third kappa shape index (κ3) is 4.57. The Morgan fingerprint density at radius 2 is 1.96 bits per heavy atom. The molecule has 0 bridgehead atoms. The molecule has 1 aliphatic heterocycles. The standard InChI is InChI=1S/C20H30N2O/c1-15-13-18(11-12-21-15)20(23)22-19-10-6-5-9-17(19)14-16-7-3-2-4-8-16/h2-4,7-8,15,17-19,21H,5-6,9-14H2,1H3,(H,22,23)/t15-,17?,18-,19?/m0/s1. The topological polar surface area (TPSA) is 41.1 Å². The number of benzene rings is 1. The van der Waals surface area contributed by atoms with Crippen molar-refractivity contribution in [3.8, 4) is 0 Å². The van der Waals surface area contributed by atoms with Crippen LogP contribution in [0.3, 0.4) is 0 Å². The van der Waals surface area contributed by atoms with E-state index in [4.69, 9.17) is 0 Å². The Morgan fingerprint density at radius 1 is 1.17 bits per heavy atom. The summed E-state index contributed by atoms with van der Waals surface area (Å²) in [5, 5.41) is 6.84. The Labute approximate surface area is 140 Å². The van der Waals surface area contributed by atoms with Crippen molar-refractivity contribution in [1.29, 1.82) is 0 Å². The summed E-state index contributed by atoms with van der Waals surface area (Å²) in [4.78, 5) is 12.7. The number of rotatable bonds is 4. The van der Waals surface area contributed by atoms with Crippen molar-refractivity contribution >= 4 is 5.91 Å². The van der Waals surface area contributed by atoms with Crippen molar-refractivity contribution < 1.29 is 4.79 Å². The van der Waals surface area contributed by atoms with Gasteiger partial charge in [0.05, 0.1) is 0 Å². The summed E-state index contributed by atoms with van der Waals surface area (Å²) in [6.07, 6.45) is 7.97. The Hall–Kier alpha value is -1.35.